The zero-order valence-electron chi connectivity index (χ0n) is 13.0. The molecule has 1 amide bonds. The summed E-state index contributed by atoms with van der Waals surface area (Å²) in [7, 11) is 0. The van der Waals surface area contributed by atoms with E-state index in [9.17, 15) is 9.18 Å². The molecule has 0 bridgehead atoms. The van der Waals surface area contributed by atoms with E-state index in [0.29, 0.717) is 37.4 Å². The average molecular weight is 318 g/mol. The lowest BCUT2D eigenvalue weighted by molar-refractivity contribution is -0.122. The van der Waals surface area contributed by atoms with Crippen molar-refractivity contribution in [1.29, 1.82) is 0 Å². The van der Waals surface area contributed by atoms with E-state index in [4.69, 9.17) is 4.42 Å². The molecule has 2 aromatic heterocycles. The Morgan fingerprint density at radius 2 is 2.39 bits per heavy atom. The number of halogens is 1. The van der Waals surface area contributed by atoms with Gasteiger partial charge < -0.3 is 14.6 Å². The van der Waals surface area contributed by atoms with Gasteiger partial charge in [-0.25, -0.2) is 14.4 Å². The van der Waals surface area contributed by atoms with Crippen LogP contribution in [0.25, 0.3) is 0 Å². The summed E-state index contributed by atoms with van der Waals surface area (Å²) in [5.41, 5.74) is 0.372. The van der Waals surface area contributed by atoms with Crippen LogP contribution in [0.2, 0.25) is 0 Å². The zero-order valence-corrected chi connectivity index (χ0v) is 13.0. The van der Waals surface area contributed by atoms with Gasteiger partial charge in [0.05, 0.1) is 18.5 Å². The average Bonchev–Trinajstić information content (AvgIpc) is 3.24. The number of nitrogens with zero attached hydrogens (tertiary/aromatic N) is 3. The molecule has 1 unspecified atom stereocenters. The van der Waals surface area contributed by atoms with Crippen LogP contribution >= 0.6 is 0 Å². The van der Waals surface area contributed by atoms with Crippen LogP contribution in [-0.2, 0) is 17.8 Å². The number of aromatic nitrogens is 2. The Labute approximate surface area is 133 Å². The second kappa shape index (κ2) is 6.76. The topological polar surface area (TPSA) is 71.3 Å². The molecule has 1 N–H and O–H groups in total. The minimum Gasteiger partial charge on any atom is -0.467 e. The van der Waals surface area contributed by atoms with Gasteiger partial charge in [0, 0.05) is 6.54 Å². The third-order valence-corrected chi connectivity index (χ3v) is 4.02. The van der Waals surface area contributed by atoms with E-state index in [2.05, 4.69) is 15.3 Å². The molecule has 7 heteroatoms. The van der Waals surface area contributed by atoms with Crippen LogP contribution in [0.1, 0.15) is 31.2 Å². The molecule has 6 nitrogen and oxygen atoms in total. The number of carbonyl (C=O) groups is 1. The number of aryl methyl sites for hydroxylation is 1. The number of nitrogens with one attached hydrogen (secondary N) is 1. The van der Waals surface area contributed by atoms with E-state index in [1.54, 1.807) is 23.3 Å². The van der Waals surface area contributed by atoms with Gasteiger partial charge in [0.2, 0.25) is 5.91 Å². The molecule has 2 aromatic rings. The van der Waals surface area contributed by atoms with Crippen molar-refractivity contribution in [1.82, 2.24) is 15.3 Å². The number of furan rings is 1. The molecule has 1 aliphatic heterocycles. The maximum absolute atomic E-state index is 14.5. The molecule has 0 radical (unpaired) electrons. The quantitative estimate of drug-likeness (QED) is 0.913. The van der Waals surface area contributed by atoms with Gasteiger partial charge in [-0.05, 0) is 31.4 Å². The fourth-order valence-electron chi connectivity index (χ4n) is 2.84. The Kier molecular flexibility index (Phi) is 4.55. The van der Waals surface area contributed by atoms with E-state index in [1.165, 1.54) is 6.33 Å². The number of hydrogen-bond acceptors (Lipinski definition) is 5. The largest absolute Gasteiger partial charge is 0.467 e. The van der Waals surface area contributed by atoms with Crippen molar-refractivity contribution in [2.45, 2.75) is 38.8 Å². The Morgan fingerprint density at radius 1 is 1.52 bits per heavy atom. The molecular formula is C16H19FN4O2. The molecule has 122 valence electrons. The third-order valence-electron chi connectivity index (χ3n) is 4.02. The molecule has 23 heavy (non-hydrogen) atoms. The summed E-state index contributed by atoms with van der Waals surface area (Å²) in [6, 6.07) is 3.15. The monoisotopic (exact) mass is 318 g/mol. The molecular weight excluding hydrogens is 299 g/mol. The SMILES string of the molecule is CCc1ncnc(N2CCCC2C(=O)NCc2ccco2)c1F. The van der Waals surface area contributed by atoms with Gasteiger partial charge in [0.25, 0.3) is 0 Å². The van der Waals surface area contributed by atoms with E-state index in [1.807, 2.05) is 6.92 Å². The summed E-state index contributed by atoms with van der Waals surface area (Å²) >= 11 is 0. The lowest BCUT2D eigenvalue weighted by Crippen LogP contribution is -2.43. The van der Waals surface area contributed by atoms with Crippen LogP contribution in [0.5, 0.6) is 0 Å². The molecule has 1 saturated heterocycles. The number of amides is 1. The molecule has 1 aliphatic rings. The van der Waals surface area contributed by atoms with Crippen molar-refractivity contribution in [3.63, 3.8) is 0 Å². The number of rotatable bonds is 5. The van der Waals surface area contributed by atoms with Crippen molar-refractivity contribution < 1.29 is 13.6 Å². The van der Waals surface area contributed by atoms with Crippen LogP contribution in [0.3, 0.4) is 0 Å². The Morgan fingerprint density at radius 3 is 3.13 bits per heavy atom. The Hall–Kier alpha value is -2.44. The fraction of sp³-hybridized carbons (Fsp3) is 0.438. The Bertz CT molecular complexity index is 675. The van der Waals surface area contributed by atoms with Gasteiger partial charge in [-0.3, -0.25) is 4.79 Å². The second-order valence-electron chi connectivity index (χ2n) is 5.46. The van der Waals surface area contributed by atoms with E-state index in [0.717, 1.165) is 6.42 Å². The maximum Gasteiger partial charge on any atom is 0.243 e. The molecule has 3 rings (SSSR count). The van der Waals surface area contributed by atoms with Gasteiger partial charge in [0.1, 0.15) is 18.1 Å². The van der Waals surface area contributed by atoms with E-state index in [-0.39, 0.29) is 11.7 Å². The minimum absolute atomic E-state index is 0.144. The normalized spacial score (nSPS) is 17.5. The standard InChI is InChI=1S/C16H19FN4O2/c1-2-12-14(17)15(20-10-19-12)21-7-3-6-13(21)16(22)18-9-11-5-4-8-23-11/h4-5,8,10,13H,2-3,6-7,9H2,1H3,(H,18,22). The first kappa shape index (κ1) is 15.5. The van der Waals surface area contributed by atoms with Gasteiger partial charge in [-0.2, -0.15) is 0 Å². The first-order chi connectivity index (χ1) is 11.2. The first-order valence-corrected chi connectivity index (χ1v) is 7.76. The van der Waals surface area contributed by atoms with Gasteiger partial charge in [0.15, 0.2) is 11.6 Å². The van der Waals surface area contributed by atoms with Crippen molar-refractivity contribution in [3.8, 4) is 0 Å². The lowest BCUT2D eigenvalue weighted by Gasteiger charge is -2.25. The molecule has 3 heterocycles. The van der Waals surface area contributed by atoms with Crippen molar-refractivity contribution in [2.75, 3.05) is 11.4 Å². The summed E-state index contributed by atoms with van der Waals surface area (Å²) in [5.74, 6) is 0.326. The van der Waals surface area contributed by atoms with E-state index < -0.39 is 11.9 Å². The second-order valence-corrected chi connectivity index (χ2v) is 5.46. The molecule has 1 atom stereocenters. The summed E-state index contributed by atoms with van der Waals surface area (Å²) in [6.07, 6.45) is 4.91. The minimum atomic E-state index is -0.430. The van der Waals surface area contributed by atoms with Crippen molar-refractivity contribution in [3.05, 3.63) is 42.0 Å². The van der Waals surface area contributed by atoms with Crippen molar-refractivity contribution >= 4 is 11.7 Å². The van der Waals surface area contributed by atoms with Gasteiger partial charge >= 0.3 is 0 Å². The fourth-order valence-corrected chi connectivity index (χ4v) is 2.84. The third kappa shape index (κ3) is 3.18. The van der Waals surface area contributed by atoms with Crippen LogP contribution < -0.4 is 10.2 Å². The predicted molar refractivity (Wildman–Crippen MR) is 82.3 cm³/mol. The summed E-state index contributed by atoms with van der Waals surface area (Å²) in [6.45, 7) is 2.77. The van der Waals surface area contributed by atoms with Crippen LogP contribution in [0.15, 0.2) is 29.1 Å². The highest BCUT2D eigenvalue weighted by molar-refractivity contribution is 5.85. The lowest BCUT2D eigenvalue weighted by atomic mass is 10.2. The molecule has 1 fully saturated rings. The zero-order chi connectivity index (χ0) is 16.2. The van der Waals surface area contributed by atoms with Gasteiger partial charge in [-0.1, -0.05) is 6.92 Å². The van der Waals surface area contributed by atoms with Crippen LogP contribution in [-0.4, -0.2) is 28.5 Å². The molecule has 0 saturated carbocycles. The Balaban J connectivity index is 1.73. The highest BCUT2D eigenvalue weighted by Gasteiger charge is 2.33. The highest BCUT2D eigenvalue weighted by atomic mass is 19.1. The van der Waals surface area contributed by atoms with Crippen molar-refractivity contribution in [2.24, 2.45) is 0 Å². The number of hydrogen-bond donors (Lipinski definition) is 1. The maximum atomic E-state index is 14.5. The van der Waals surface area contributed by atoms with E-state index >= 15 is 0 Å². The predicted octanol–water partition coefficient (Wildman–Crippen LogP) is 2.06. The summed E-state index contributed by atoms with van der Waals surface area (Å²) in [4.78, 5) is 22.2. The highest BCUT2D eigenvalue weighted by Crippen LogP contribution is 2.27. The van der Waals surface area contributed by atoms with Gasteiger partial charge in [-0.15, -0.1) is 0 Å². The molecule has 0 spiro atoms. The molecule has 0 aromatic carbocycles. The smallest absolute Gasteiger partial charge is 0.243 e. The van der Waals surface area contributed by atoms with Crippen LogP contribution in [0.4, 0.5) is 10.2 Å². The summed E-state index contributed by atoms with van der Waals surface area (Å²) in [5, 5.41) is 2.83. The first-order valence-electron chi connectivity index (χ1n) is 7.76. The van der Waals surface area contributed by atoms with Crippen LogP contribution in [0, 0.1) is 5.82 Å². The molecule has 0 aliphatic carbocycles. The summed E-state index contributed by atoms with van der Waals surface area (Å²) < 4.78 is 19.7. The number of anilines is 1. The number of carbonyl (C=O) groups excluding carboxylic acids is 1.